The number of aryl methyl sites for hydroxylation is 3. The Morgan fingerprint density at radius 1 is 1.06 bits per heavy atom. The van der Waals surface area contributed by atoms with Gasteiger partial charge in [0.25, 0.3) is 0 Å². The second-order valence-corrected chi connectivity index (χ2v) is 10.0. The highest BCUT2D eigenvalue weighted by Crippen LogP contribution is 2.24. The highest BCUT2D eigenvalue weighted by atomic mass is 32.2. The number of hydrogen-bond donors (Lipinski definition) is 1. The quantitative estimate of drug-likeness (QED) is 0.575. The van der Waals surface area contributed by atoms with Crippen molar-refractivity contribution in [2.45, 2.75) is 44.4 Å². The van der Waals surface area contributed by atoms with Crippen LogP contribution in [0.4, 0.5) is 5.69 Å². The molecule has 1 amide bonds. The molecule has 2 heterocycles. The van der Waals surface area contributed by atoms with Crippen LogP contribution in [0.2, 0.25) is 0 Å². The van der Waals surface area contributed by atoms with Crippen molar-refractivity contribution in [1.82, 2.24) is 9.29 Å². The number of anilines is 1. The summed E-state index contributed by atoms with van der Waals surface area (Å²) in [6.07, 6.45) is 4.05. The average molecular weight is 454 g/mol. The van der Waals surface area contributed by atoms with E-state index >= 15 is 0 Å². The highest BCUT2D eigenvalue weighted by Gasteiger charge is 2.26. The van der Waals surface area contributed by atoms with Crippen LogP contribution in [-0.2, 0) is 21.2 Å². The van der Waals surface area contributed by atoms with E-state index in [2.05, 4.69) is 30.2 Å². The van der Waals surface area contributed by atoms with Crippen molar-refractivity contribution in [3.8, 4) is 11.3 Å². The number of oxazole rings is 1. The van der Waals surface area contributed by atoms with E-state index in [1.807, 2.05) is 12.1 Å². The zero-order chi connectivity index (χ0) is 22.7. The molecule has 0 unspecified atom stereocenters. The molecule has 0 radical (unpaired) electrons. The number of sulfonamides is 1. The van der Waals surface area contributed by atoms with Gasteiger partial charge >= 0.3 is 0 Å². The fourth-order valence-corrected chi connectivity index (χ4v) is 5.20. The average Bonchev–Trinajstić information content (AvgIpc) is 3.47. The third kappa shape index (κ3) is 4.92. The summed E-state index contributed by atoms with van der Waals surface area (Å²) in [6.45, 7) is 5.23. The van der Waals surface area contributed by atoms with E-state index in [1.165, 1.54) is 27.6 Å². The first kappa shape index (κ1) is 22.2. The second kappa shape index (κ2) is 9.26. The third-order valence-corrected chi connectivity index (χ3v) is 7.66. The normalized spacial score (nSPS) is 14.6. The fourth-order valence-electron chi connectivity index (χ4n) is 3.69. The number of aromatic nitrogens is 1. The van der Waals surface area contributed by atoms with Gasteiger partial charge in [0.2, 0.25) is 15.9 Å². The third-order valence-electron chi connectivity index (χ3n) is 5.75. The lowest BCUT2D eigenvalue weighted by molar-refractivity contribution is -0.116. The molecule has 32 heavy (non-hydrogen) atoms. The molecule has 1 aromatic heterocycles. The number of amides is 1. The lowest BCUT2D eigenvalue weighted by Crippen LogP contribution is -2.27. The van der Waals surface area contributed by atoms with Crippen LogP contribution in [0.5, 0.6) is 0 Å². The summed E-state index contributed by atoms with van der Waals surface area (Å²) < 4.78 is 32.5. The van der Waals surface area contributed by atoms with Crippen LogP contribution in [0.3, 0.4) is 0 Å². The molecule has 1 N–H and O–H groups in total. The Balaban J connectivity index is 1.32. The van der Waals surface area contributed by atoms with Crippen LogP contribution in [0.25, 0.3) is 11.3 Å². The van der Waals surface area contributed by atoms with Gasteiger partial charge in [-0.25, -0.2) is 13.4 Å². The molecule has 8 heteroatoms. The fraction of sp³-hybridized carbons (Fsp3) is 0.333. The molecule has 0 saturated carbocycles. The van der Waals surface area contributed by atoms with Gasteiger partial charge in [-0.2, -0.15) is 4.31 Å². The minimum Gasteiger partial charge on any atom is -0.441 e. The van der Waals surface area contributed by atoms with Gasteiger partial charge in [-0.3, -0.25) is 4.79 Å². The molecule has 0 spiro atoms. The van der Waals surface area contributed by atoms with Crippen LogP contribution in [-0.4, -0.2) is 36.7 Å². The second-order valence-electron chi connectivity index (χ2n) is 8.10. The maximum atomic E-state index is 12.6. The summed E-state index contributed by atoms with van der Waals surface area (Å²) in [7, 11) is -3.46. The van der Waals surface area contributed by atoms with Crippen molar-refractivity contribution in [2.24, 2.45) is 0 Å². The Kier molecular flexibility index (Phi) is 6.43. The van der Waals surface area contributed by atoms with Gasteiger partial charge in [0.1, 0.15) is 0 Å². The first-order valence-electron chi connectivity index (χ1n) is 10.8. The molecule has 1 saturated heterocycles. The van der Waals surface area contributed by atoms with Gasteiger partial charge in [-0.15, -0.1) is 0 Å². The Bertz CT molecular complexity index is 1210. The molecule has 7 nitrogen and oxygen atoms in total. The van der Waals surface area contributed by atoms with Crippen LogP contribution in [0.15, 0.2) is 58.0 Å². The molecule has 3 aromatic rings. The maximum absolute atomic E-state index is 12.6. The van der Waals surface area contributed by atoms with Gasteiger partial charge in [-0.1, -0.05) is 12.1 Å². The molecule has 0 atom stereocenters. The van der Waals surface area contributed by atoms with Crippen molar-refractivity contribution >= 4 is 21.6 Å². The van der Waals surface area contributed by atoms with Gasteiger partial charge < -0.3 is 9.73 Å². The SMILES string of the molecule is Cc1ccc(-c2cnc(CCC(=O)Nc3ccc(S(=O)(=O)N4CCCC4)cc3)o2)cc1C. The largest absolute Gasteiger partial charge is 0.441 e. The molecule has 1 fully saturated rings. The van der Waals surface area contributed by atoms with E-state index in [-0.39, 0.29) is 17.2 Å². The zero-order valence-corrected chi connectivity index (χ0v) is 19.1. The van der Waals surface area contributed by atoms with Gasteiger partial charge in [0.15, 0.2) is 11.7 Å². The molecule has 0 bridgehead atoms. The molecule has 0 aliphatic carbocycles. The molecule has 1 aliphatic heterocycles. The number of carbonyl (C=O) groups is 1. The Morgan fingerprint density at radius 2 is 1.78 bits per heavy atom. The highest BCUT2D eigenvalue weighted by molar-refractivity contribution is 7.89. The van der Waals surface area contributed by atoms with E-state index in [0.29, 0.717) is 36.8 Å². The summed E-state index contributed by atoms with van der Waals surface area (Å²) in [4.78, 5) is 16.9. The number of nitrogens with zero attached hydrogens (tertiary/aromatic N) is 2. The van der Waals surface area contributed by atoms with Gasteiger partial charge in [0.05, 0.1) is 11.1 Å². The molecule has 1 aliphatic rings. The van der Waals surface area contributed by atoms with Crippen molar-refractivity contribution in [3.63, 3.8) is 0 Å². The number of carbonyl (C=O) groups excluding carboxylic acids is 1. The molecule has 168 valence electrons. The number of nitrogens with one attached hydrogen (secondary N) is 1. The first-order chi connectivity index (χ1) is 15.3. The van der Waals surface area contributed by atoms with E-state index in [1.54, 1.807) is 18.3 Å². The summed E-state index contributed by atoms with van der Waals surface area (Å²) in [6, 6.07) is 12.4. The molecule has 4 rings (SSSR count). The van der Waals surface area contributed by atoms with Crippen molar-refractivity contribution in [3.05, 3.63) is 65.7 Å². The smallest absolute Gasteiger partial charge is 0.243 e. The Labute approximate surface area is 188 Å². The molecular weight excluding hydrogens is 426 g/mol. The summed E-state index contributed by atoms with van der Waals surface area (Å²) >= 11 is 0. The van der Waals surface area contributed by atoms with E-state index in [4.69, 9.17) is 4.42 Å². The summed E-state index contributed by atoms with van der Waals surface area (Å²) in [5.74, 6) is 0.991. The summed E-state index contributed by atoms with van der Waals surface area (Å²) in [5, 5.41) is 2.80. The Morgan fingerprint density at radius 3 is 2.47 bits per heavy atom. The predicted octanol–water partition coefficient (Wildman–Crippen LogP) is 4.31. The predicted molar refractivity (Wildman–Crippen MR) is 123 cm³/mol. The lowest BCUT2D eigenvalue weighted by Gasteiger charge is -2.15. The molecule has 2 aromatic carbocycles. The van der Waals surface area contributed by atoms with E-state index < -0.39 is 10.0 Å². The van der Waals surface area contributed by atoms with Crippen LogP contribution in [0, 0.1) is 13.8 Å². The number of hydrogen-bond acceptors (Lipinski definition) is 5. The minimum absolute atomic E-state index is 0.189. The Hall–Kier alpha value is -2.97. The van der Waals surface area contributed by atoms with E-state index in [9.17, 15) is 13.2 Å². The van der Waals surface area contributed by atoms with Gasteiger partial charge in [-0.05, 0) is 68.1 Å². The van der Waals surface area contributed by atoms with E-state index in [0.717, 1.165) is 18.4 Å². The summed E-state index contributed by atoms with van der Waals surface area (Å²) in [5.41, 5.74) is 3.91. The van der Waals surface area contributed by atoms with Crippen molar-refractivity contribution in [1.29, 1.82) is 0 Å². The van der Waals surface area contributed by atoms with Crippen molar-refractivity contribution in [2.75, 3.05) is 18.4 Å². The van der Waals surface area contributed by atoms with Crippen LogP contribution >= 0.6 is 0 Å². The zero-order valence-electron chi connectivity index (χ0n) is 18.3. The monoisotopic (exact) mass is 453 g/mol. The molecular formula is C24H27N3O4S. The standard InChI is InChI=1S/C24H27N3O4S/c1-17-5-6-19(15-18(17)2)22-16-25-24(31-22)12-11-23(28)26-20-7-9-21(10-8-20)32(29,30)27-13-3-4-14-27/h5-10,15-16H,3-4,11-14H2,1-2H3,(H,26,28). The number of rotatable bonds is 7. The van der Waals surface area contributed by atoms with Crippen molar-refractivity contribution < 1.29 is 17.6 Å². The van der Waals surface area contributed by atoms with Crippen LogP contribution < -0.4 is 5.32 Å². The lowest BCUT2D eigenvalue weighted by atomic mass is 10.1. The van der Waals surface area contributed by atoms with Crippen LogP contribution in [0.1, 0.15) is 36.3 Å². The van der Waals surface area contributed by atoms with Gasteiger partial charge in [0, 0.05) is 37.2 Å². The number of benzene rings is 2. The maximum Gasteiger partial charge on any atom is 0.243 e. The minimum atomic E-state index is -3.46. The topological polar surface area (TPSA) is 92.5 Å². The first-order valence-corrected chi connectivity index (χ1v) is 12.2.